The molecule has 6 heteroatoms. The molecule has 1 aromatic rings. The molecular weight excluding hydrogens is 312 g/mol. The van der Waals surface area contributed by atoms with Gasteiger partial charge in [-0.2, -0.15) is 0 Å². The number of sulfonamides is 1. The zero-order valence-electron chi connectivity index (χ0n) is 13.8. The van der Waals surface area contributed by atoms with Crippen LogP contribution in [0.1, 0.15) is 44.9 Å². The van der Waals surface area contributed by atoms with Crippen LogP contribution in [0, 0.1) is 0 Å². The van der Waals surface area contributed by atoms with Gasteiger partial charge >= 0.3 is 0 Å². The Morgan fingerprint density at radius 1 is 1.13 bits per heavy atom. The molecule has 0 aromatic heterocycles. The molecule has 0 radical (unpaired) electrons. The highest BCUT2D eigenvalue weighted by Gasteiger charge is 2.23. The lowest BCUT2D eigenvalue weighted by molar-refractivity contribution is 0.311. The van der Waals surface area contributed by atoms with Crippen LogP contribution in [0.25, 0.3) is 0 Å². The molecule has 1 saturated carbocycles. The third kappa shape index (κ3) is 3.98. The van der Waals surface area contributed by atoms with Crippen LogP contribution in [0.2, 0.25) is 0 Å². The number of nitrogens with zero attached hydrogens (tertiary/aromatic N) is 1. The summed E-state index contributed by atoms with van der Waals surface area (Å²) in [4.78, 5) is 2.36. The second-order valence-corrected chi connectivity index (χ2v) is 8.28. The highest BCUT2D eigenvalue weighted by Crippen LogP contribution is 2.33. The van der Waals surface area contributed by atoms with Crippen LogP contribution in [0.3, 0.4) is 0 Å². The number of anilines is 1. The van der Waals surface area contributed by atoms with Gasteiger partial charge in [-0.25, -0.2) is 13.1 Å². The molecule has 0 amide bonds. The molecule has 23 heavy (non-hydrogen) atoms. The monoisotopic (exact) mass is 338 g/mol. The molecule has 0 atom stereocenters. The van der Waals surface area contributed by atoms with Gasteiger partial charge in [-0.05, 0) is 31.0 Å². The first-order chi connectivity index (χ1) is 11.1. The first-order valence-electron chi connectivity index (χ1n) is 8.56. The Morgan fingerprint density at radius 3 is 2.57 bits per heavy atom. The number of ether oxygens (including phenoxy) is 1. The maximum Gasteiger partial charge on any atom is 0.240 e. The highest BCUT2D eigenvalue weighted by molar-refractivity contribution is 7.89. The molecule has 0 spiro atoms. The third-order valence-corrected chi connectivity index (χ3v) is 6.28. The minimum absolute atomic E-state index is 0.0605. The number of nitrogens with one attached hydrogen (secondary N) is 1. The zero-order valence-corrected chi connectivity index (χ0v) is 14.6. The Labute approximate surface area is 139 Å². The van der Waals surface area contributed by atoms with Gasteiger partial charge in [0.05, 0.1) is 17.1 Å². The fourth-order valence-corrected chi connectivity index (χ4v) is 4.68. The lowest BCUT2D eigenvalue weighted by Crippen LogP contribution is -2.35. The number of likely N-dealkylation sites (N-methyl/N-ethyl adjacent to an activating group) is 1. The van der Waals surface area contributed by atoms with Gasteiger partial charge < -0.3 is 9.64 Å². The van der Waals surface area contributed by atoms with Crippen molar-refractivity contribution in [3.63, 3.8) is 0 Å². The van der Waals surface area contributed by atoms with Crippen molar-refractivity contribution in [2.75, 3.05) is 25.1 Å². The SMILES string of the molecule is CN1CCOc2ccc(S(=O)(=O)NC3CCCCCCC3)cc21. The van der Waals surface area contributed by atoms with Crippen molar-refractivity contribution >= 4 is 15.7 Å². The standard InChI is InChI=1S/C17H26N2O3S/c1-19-11-12-22-17-10-9-15(13-16(17)19)23(20,21)18-14-7-5-3-2-4-6-8-14/h9-10,13-14,18H,2-8,11-12H2,1H3. The van der Waals surface area contributed by atoms with Crippen LogP contribution in [-0.2, 0) is 10.0 Å². The van der Waals surface area contributed by atoms with E-state index in [0.717, 1.165) is 43.7 Å². The van der Waals surface area contributed by atoms with Gasteiger partial charge in [-0.15, -0.1) is 0 Å². The van der Waals surface area contributed by atoms with Crippen LogP contribution in [0.15, 0.2) is 23.1 Å². The van der Waals surface area contributed by atoms with Gasteiger partial charge in [0.1, 0.15) is 12.4 Å². The summed E-state index contributed by atoms with van der Waals surface area (Å²) < 4.78 is 33.9. The van der Waals surface area contributed by atoms with Gasteiger partial charge in [0.25, 0.3) is 0 Å². The molecule has 1 fully saturated rings. The topological polar surface area (TPSA) is 58.6 Å². The minimum Gasteiger partial charge on any atom is -0.490 e. The molecule has 2 aliphatic rings. The largest absolute Gasteiger partial charge is 0.490 e. The summed E-state index contributed by atoms with van der Waals surface area (Å²) in [7, 11) is -1.52. The minimum atomic E-state index is -3.48. The van der Waals surface area contributed by atoms with Crippen molar-refractivity contribution in [2.24, 2.45) is 0 Å². The Kier molecular flexibility index (Phi) is 5.11. The maximum atomic E-state index is 12.7. The van der Waals surface area contributed by atoms with Crippen LogP contribution < -0.4 is 14.4 Å². The Bertz CT molecular complexity index is 637. The van der Waals surface area contributed by atoms with Crippen LogP contribution in [-0.4, -0.2) is 34.7 Å². The van der Waals surface area contributed by atoms with E-state index in [4.69, 9.17) is 4.74 Å². The Hall–Kier alpha value is -1.27. The molecule has 1 aliphatic carbocycles. The molecule has 0 unspecified atom stereocenters. The Balaban J connectivity index is 1.77. The second kappa shape index (κ2) is 7.09. The van der Waals surface area contributed by atoms with E-state index in [1.54, 1.807) is 18.2 Å². The molecule has 0 saturated heterocycles. The van der Waals surface area contributed by atoms with Crippen molar-refractivity contribution in [2.45, 2.75) is 55.9 Å². The molecule has 1 aromatic carbocycles. The molecule has 1 heterocycles. The van der Waals surface area contributed by atoms with E-state index in [9.17, 15) is 8.42 Å². The molecule has 1 aliphatic heterocycles. The average Bonchev–Trinajstić information content (AvgIpc) is 2.50. The average molecular weight is 338 g/mol. The predicted molar refractivity (Wildman–Crippen MR) is 91.6 cm³/mol. The summed E-state index contributed by atoms with van der Waals surface area (Å²) >= 11 is 0. The van der Waals surface area contributed by atoms with Crippen molar-refractivity contribution in [3.05, 3.63) is 18.2 Å². The highest BCUT2D eigenvalue weighted by atomic mass is 32.2. The lowest BCUT2D eigenvalue weighted by Gasteiger charge is -2.28. The van der Waals surface area contributed by atoms with Gasteiger partial charge in [0.15, 0.2) is 0 Å². The third-order valence-electron chi connectivity index (χ3n) is 4.76. The van der Waals surface area contributed by atoms with Crippen molar-refractivity contribution in [3.8, 4) is 5.75 Å². The van der Waals surface area contributed by atoms with Gasteiger partial charge in [-0.3, -0.25) is 0 Å². The van der Waals surface area contributed by atoms with E-state index < -0.39 is 10.0 Å². The molecule has 3 rings (SSSR count). The molecule has 5 nitrogen and oxygen atoms in total. The maximum absolute atomic E-state index is 12.7. The fraction of sp³-hybridized carbons (Fsp3) is 0.647. The lowest BCUT2D eigenvalue weighted by atomic mass is 9.97. The summed E-state index contributed by atoms with van der Waals surface area (Å²) in [5, 5.41) is 0. The number of fused-ring (bicyclic) bond motifs is 1. The second-order valence-electron chi connectivity index (χ2n) is 6.56. The van der Waals surface area contributed by atoms with Crippen LogP contribution in [0.4, 0.5) is 5.69 Å². The van der Waals surface area contributed by atoms with Gasteiger partial charge in [-0.1, -0.05) is 32.1 Å². The van der Waals surface area contributed by atoms with E-state index in [-0.39, 0.29) is 6.04 Å². The first-order valence-corrected chi connectivity index (χ1v) is 10.0. The van der Waals surface area contributed by atoms with Gasteiger partial charge in [0, 0.05) is 13.1 Å². The smallest absolute Gasteiger partial charge is 0.240 e. The number of hydrogen-bond acceptors (Lipinski definition) is 4. The summed E-state index contributed by atoms with van der Waals surface area (Å²) in [6, 6.07) is 5.19. The fourth-order valence-electron chi connectivity index (χ4n) is 3.36. The number of hydrogen-bond donors (Lipinski definition) is 1. The molecule has 128 valence electrons. The molecular formula is C17H26N2O3S. The van der Waals surface area contributed by atoms with E-state index in [0.29, 0.717) is 11.5 Å². The summed E-state index contributed by atoms with van der Waals surface area (Å²) in [5.74, 6) is 0.753. The Morgan fingerprint density at radius 2 is 1.83 bits per heavy atom. The van der Waals surface area contributed by atoms with Crippen molar-refractivity contribution < 1.29 is 13.2 Å². The van der Waals surface area contributed by atoms with Crippen molar-refractivity contribution in [1.29, 1.82) is 0 Å². The normalized spacial score (nSPS) is 20.3. The van der Waals surface area contributed by atoms with Crippen LogP contribution >= 0.6 is 0 Å². The summed E-state index contributed by atoms with van der Waals surface area (Å²) in [6.45, 7) is 1.41. The number of benzene rings is 1. The van der Waals surface area contributed by atoms with Crippen molar-refractivity contribution in [1.82, 2.24) is 4.72 Å². The predicted octanol–water partition coefficient (Wildman–Crippen LogP) is 2.91. The quantitative estimate of drug-likeness (QED) is 0.921. The summed E-state index contributed by atoms with van der Waals surface area (Å²) in [5.41, 5.74) is 0.844. The summed E-state index contributed by atoms with van der Waals surface area (Å²) in [6.07, 6.45) is 7.78. The molecule has 1 N–H and O–H groups in total. The van der Waals surface area contributed by atoms with E-state index in [1.165, 1.54) is 19.3 Å². The number of rotatable bonds is 3. The van der Waals surface area contributed by atoms with Gasteiger partial charge in [0.2, 0.25) is 10.0 Å². The van der Waals surface area contributed by atoms with E-state index in [1.807, 2.05) is 11.9 Å². The molecule has 0 bridgehead atoms. The van der Waals surface area contributed by atoms with E-state index in [2.05, 4.69) is 4.72 Å². The first kappa shape index (κ1) is 16.6. The zero-order chi connectivity index (χ0) is 16.3. The van der Waals surface area contributed by atoms with Crippen LogP contribution in [0.5, 0.6) is 5.75 Å². The van der Waals surface area contributed by atoms with E-state index >= 15 is 0 Å².